The van der Waals surface area contributed by atoms with E-state index in [1.807, 2.05) is 0 Å². The van der Waals surface area contributed by atoms with Gasteiger partial charge in [0.15, 0.2) is 0 Å². The van der Waals surface area contributed by atoms with Gasteiger partial charge in [0, 0.05) is 0 Å². The van der Waals surface area contributed by atoms with Gasteiger partial charge in [-0.1, -0.05) is 0 Å². The van der Waals surface area contributed by atoms with Gasteiger partial charge in [0.1, 0.15) is 11.2 Å². The largest absolute Gasteiger partial charge is 0.514 e. The van der Waals surface area contributed by atoms with E-state index in [1.165, 1.54) is 0 Å². The van der Waals surface area contributed by atoms with Crippen LogP contribution in [-0.4, -0.2) is 11.2 Å². The van der Waals surface area contributed by atoms with E-state index in [9.17, 15) is 8.76 Å². The first-order valence-corrected chi connectivity index (χ1v) is 4.81. The summed E-state index contributed by atoms with van der Waals surface area (Å²) in [6.45, 7) is 6.58. The van der Waals surface area contributed by atoms with Crippen LogP contribution in [0.3, 0.4) is 0 Å². The Labute approximate surface area is 65.5 Å². The van der Waals surface area contributed by atoms with Crippen molar-refractivity contribution in [3.8, 4) is 0 Å². The quantitative estimate of drug-likeness (QED) is 0.540. The third-order valence-electron chi connectivity index (χ3n) is 2.12. The third kappa shape index (κ3) is 1.48. The van der Waals surface area contributed by atoms with Gasteiger partial charge >= 0.3 is 7.91 Å². The molecule has 3 nitrogen and oxygen atoms in total. The Balaban J connectivity index is 2.98. The minimum Gasteiger partial charge on any atom is -0.274 e. The zero-order valence-corrected chi connectivity index (χ0v) is 7.94. The van der Waals surface area contributed by atoms with E-state index >= 15 is 0 Å². The van der Waals surface area contributed by atoms with Crippen LogP contribution in [0.5, 0.6) is 0 Å². The molecule has 1 fully saturated rings. The average molecular weight is 182 g/mol. The lowest BCUT2D eigenvalue weighted by atomic mass is 9.90. The van der Waals surface area contributed by atoms with E-state index in [-0.39, 0.29) is 0 Å². The lowest BCUT2D eigenvalue weighted by molar-refractivity contribution is 0.00578. The molecule has 1 heterocycles. The Morgan fingerprint density at radius 2 is 1.36 bits per heavy atom. The lowest BCUT2D eigenvalue weighted by Crippen LogP contribution is -2.41. The smallest absolute Gasteiger partial charge is 0.274 e. The first-order valence-electron chi connectivity index (χ1n) is 3.38. The van der Waals surface area contributed by atoms with Crippen LogP contribution in [0.4, 0.5) is 4.20 Å². The molecular weight excluding hydrogens is 170 g/mol. The first-order chi connectivity index (χ1) is 4.66. The molecule has 0 bridgehead atoms. The zero-order valence-electron chi connectivity index (χ0n) is 7.05. The van der Waals surface area contributed by atoms with E-state index in [1.54, 1.807) is 27.7 Å². The summed E-state index contributed by atoms with van der Waals surface area (Å²) in [6, 6.07) is 0. The van der Waals surface area contributed by atoms with Gasteiger partial charge in [-0.2, -0.15) is 0 Å². The summed E-state index contributed by atoms with van der Waals surface area (Å²) >= 11 is 0. The molecule has 1 aliphatic rings. The topological polar surface area (TPSA) is 35.5 Å². The van der Waals surface area contributed by atoms with Gasteiger partial charge in [-0.25, -0.2) is 4.57 Å². The molecule has 66 valence electrons. The van der Waals surface area contributed by atoms with E-state index in [4.69, 9.17) is 0 Å². The van der Waals surface area contributed by atoms with E-state index in [2.05, 4.69) is 9.05 Å². The second kappa shape index (κ2) is 2.06. The van der Waals surface area contributed by atoms with Crippen molar-refractivity contribution in [3.63, 3.8) is 0 Å². The van der Waals surface area contributed by atoms with Crippen LogP contribution in [-0.2, 0) is 13.6 Å². The molecule has 11 heavy (non-hydrogen) atoms. The number of halogens is 1. The summed E-state index contributed by atoms with van der Waals surface area (Å²) in [4.78, 5) is 0. The first kappa shape index (κ1) is 9.17. The van der Waals surface area contributed by atoms with E-state index in [0.29, 0.717) is 0 Å². The van der Waals surface area contributed by atoms with E-state index in [0.717, 1.165) is 0 Å². The average Bonchev–Trinajstić information content (AvgIpc) is 1.66. The fourth-order valence-corrected chi connectivity index (χ4v) is 2.35. The molecule has 0 aromatic rings. The summed E-state index contributed by atoms with van der Waals surface area (Å²) in [5.41, 5.74) is -1.67. The summed E-state index contributed by atoms with van der Waals surface area (Å²) in [7, 11) is -4.29. The van der Waals surface area contributed by atoms with Gasteiger partial charge < -0.3 is 0 Å². The molecule has 5 heteroatoms. The normalized spacial score (nSPS) is 32.1. The molecule has 0 aromatic heterocycles. The standard InChI is InChI=1S/C6H12FO3P/c1-5(2)6(3,4)10-11(7,8)9-5/h1-4H3. The molecule has 0 radical (unpaired) electrons. The van der Waals surface area contributed by atoms with Crippen molar-refractivity contribution in [2.75, 3.05) is 0 Å². The summed E-state index contributed by atoms with van der Waals surface area (Å²) in [5.74, 6) is 0. The van der Waals surface area contributed by atoms with Gasteiger partial charge in [-0.3, -0.25) is 9.05 Å². The van der Waals surface area contributed by atoms with Crippen LogP contribution in [0.2, 0.25) is 0 Å². The van der Waals surface area contributed by atoms with Crippen LogP contribution in [0.1, 0.15) is 27.7 Å². The van der Waals surface area contributed by atoms with Crippen LogP contribution in [0, 0.1) is 0 Å². The Bertz CT molecular complexity index is 204. The molecule has 1 rings (SSSR count). The molecule has 0 aromatic carbocycles. The molecule has 0 amide bonds. The molecule has 0 saturated carbocycles. The highest BCUT2D eigenvalue weighted by Gasteiger charge is 2.56. The second-order valence-corrected chi connectivity index (χ2v) is 4.86. The summed E-state index contributed by atoms with van der Waals surface area (Å²) in [5, 5.41) is 0. The van der Waals surface area contributed by atoms with Gasteiger partial charge in [0.05, 0.1) is 0 Å². The predicted octanol–water partition coefficient (Wildman–Crippen LogP) is 2.67. The zero-order chi connectivity index (χ0) is 8.91. The van der Waals surface area contributed by atoms with Crippen LogP contribution in [0.15, 0.2) is 0 Å². The van der Waals surface area contributed by atoms with Crippen molar-refractivity contribution in [2.24, 2.45) is 0 Å². The molecule has 0 unspecified atom stereocenters. The van der Waals surface area contributed by atoms with Crippen molar-refractivity contribution < 1.29 is 17.8 Å². The molecule has 1 saturated heterocycles. The van der Waals surface area contributed by atoms with Gasteiger partial charge in [-0.15, -0.1) is 4.20 Å². The van der Waals surface area contributed by atoms with Crippen molar-refractivity contribution in [2.45, 2.75) is 38.9 Å². The fourth-order valence-electron chi connectivity index (χ4n) is 0.784. The van der Waals surface area contributed by atoms with E-state index < -0.39 is 19.1 Å². The van der Waals surface area contributed by atoms with Crippen molar-refractivity contribution in [1.82, 2.24) is 0 Å². The minimum atomic E-state index is -4.29. The second-order valence-electron chi connectivity index (χ2n) is 3.63. The molecule has 0 aliphatic carbocycles. The van der Waals surface area contributed by atoms with Gasteiger partial charge in [-0.05, 0) is 27.7 Å². The molecule has 0 atom stereocenters. The Morgan fingerprint density at radius 3 is 1.45 bits per heavy atom. The molecule has 1 aliphatic heterocycles. The third-order valence-corrected chi connectivity index (χ3v) is 3.47. The van der Waals surface area contributed by atoms with Gasteiger partial charge in [0.25, 0.3) is 0 Å². The number of hydrogen-bond acceptors (Lipinski definition) is 3. The highest BCUT2D eigenvalue weighted by atomic mass is 31.2. The Kier molecular flexibility index (Phi) is 1.72. The maximum atomic E-state index is 12.7. The number of hydrogen-bond donors (Lipinski definition) is 0. The Hall–Kier alpha value is 0.0800. The highest BCUT2D eigenvalue weighted by Crippen LogP contribution is 2.64. The van der Waals surface area contributed by atoms with Crippen molar-refractivity contribution in [3.05, 3.63) is 0 Å². The fraction of sp³-hybridized carbons (Fsp3) is 1.00. The number of rotatable bonds is 0. The van der Waals surface area contributed by atoms with Crippen LogP contribution < -0.4 is 0 Å². The van der Waals surface area contributed by atoms with Crippen molar-refractivity contribution in [1.29, 1.82) is 0 Å². The maximum Gasteiger partial charge on any atom is 0.514 e. The molecule has 0 spiro atoms. The molecule has 0 N–H and O–H groups in total. The SMILES string of the molecule is CC1(C)OP(=O)(F)OC1(C)C. The highest BCUT2D eigenvalue weighted by molar-refractivity contribution is 7.48. The van der Waals surface area contributed by atoms with Crippen LogP contribution >= 0.6 is 7.91 Å². The Morgan fingerprint density at radius 1 is 1.09 bits per heavy atom. The van der Waals surface area contributed by atoms with Gasteiger partial charge in [0.2, 0.25) is 0 Å². The monoisotopic (exact) mass is 182 g/mol. The predicted molar refractivity (Wildman–Crippen MR) is 39.0 cm³/mol. The summed E-state index contributed by atoms with van der Waals surface area (Å²) < 4.78 is 32.7. The lowest BCUT2D eigenvalue weighted by Gasteiger charge is -2.28. The maximum absolute atomic E-state index is 12.7. The molecular formula is C6H12FO3P. The minimum absolute atomic E-state index is 0.836. The van der Waals surface area contributed by atoms with Crippen molar-refractivity contribution >= 4 is 7.91 Å². The summed E-state index contributed by atoms with van der Waals surface area (Å²) in [6.07, 6.45) is 0. The van der Waals surface area contributed by atoms with Crippen LogP contribution in [0.25, 0.3) is 0 Å².